The average molecular weight is 197 g/mol. The van der Waals surface area contributed by atoms with E-state index in [9.17, 15) is 9.90 Å². The summed E-state index contributed by atoms with van der Waals surface area (Å²) in [6.45, 7) is 7.53. The number of nitrogens with zero attached hydrogens (tertiary/aromatic N) is 1. The number of rotatable bonds is 3. The molecule has 0 radical (unpaired) electrons. The molecule has 1 fully saturated rings. The van der Waals surface area contributed by atoms with Gasteiger partial charge in [0.25, 0.3) is 0 Å². The van der Waals surface area contributed by atoms with Crippen molar-refractivity contribution < 1.29 is 9.90 Å². The van der Waals surface area contributed by atoms with Crippen molar-refractivity contribution in [2.24, 2.45) is 0 Å². The zero-order valence-corrected chi connectivity index (χ0v) is 8.99. The highest BCUT2D eigenvalue weighted by molar-refractivity contribution is 5.88. The summed E-state index contributed by atoms with van der Waals surface area (Å²) >= 11 is 0. The van der Waals surface area contributed by atoms with Crippen LogP contribution in [0.25, 0.3) is 0 Å². The van der Waals surface area contributed by atoms with Gasteiger partial charge in [-0.1, -0.05) is 13.5 Å². The SMILES string of the molecule is C=CC(=O)N1C(CC)CCC1(C)CO. The van der Waals surface area contributed by atoms with Crippen LogP contribution in [0.15, 0.2) is 12.7 Å². The Morgan fingerprint density at radius 2 is 2.43 bits per heavy atom. The van der Waals surface area contributed by atoms with Crippen molar-refractivity contribution >= 4 is 5.91 Å². The Labute approximate surface area is 85.4 Å². The molecule has 1 amide bonds. The second kappa shape index (κ2) is 4.13. The molecule has 3 heteroatoms. The molecule has 0 saturated carbocycles. The maximum absolute atomic E-state index is 11.7. The van der Waals surface area contributed by atoms with Crippen LogP contribution in [0.2, 0.25) is 0 Å². The third-order valence-corrected chi connectivity index (χ3v) is 3.19. The second-order valence-electron chi connectivity index (χ2n) is 4.17. The van der Waals surface area contributed by atoms with E-state index in [1.165, 1.54) is 6.08 Å². The lowest BCUT2D eigenvalue weighted by atomic mass is 10.0. The molecule has 0 bridgehead atoms. The Hall–Kier alpha value is -0.830. The van der Waals surface area contributed by atoms with E-state index in [0.29, 0.717) is 0 Å². The van der Waals surface area contributed by atoms with Gasteiger partial charge in [0, 0.05) is 6.04 Å². The van der Waals surface area contributed by atoms with Gasteiger partial charge < -0.3 is 10.0 Å². The normalized spacial score (nSPS) is 31.9. The van der Waals surface area contributed by atoms with Gasteiger partial charge in [-0.3, -0.25) is 4.79 Å². The Bertz CT molecular complexity index is 239. The third-order valence-electron chi connectivity index (χ3n) is 3.19. The fourth-order valence-corrected chi connectivity index (χ4v) is 2.25. The fourth-order valence-electron chi connectivity index (χ4n) is 2.25. The van der Waals surface area contributed by atoms with E-state index in [4.69, 9.17) is 0 Å². The third kappa shape index (κ3) is 1.69. The molecule has 1 rings (SSSR count). The van der Waals surface area contributed by atoms with Crippen LogP contribution in [0.5, 0.6) is 0 Å². The fraction of sp³-hybridized carbons (Fsp3) is 0.727. The number of hydrogen-bond acceptors (Lipinski definition) is 2. The lowest BCUT2D eigenvalue weighted by Gasteiger charge is -2.36. The zero-order valence-electron chi connectivity index (χ0n) is 8.99. The van der Waals surface area contributed by atoms with Crippen molar-refractivity contribution in [3.63, 3.8) is 0 Å². The molecule has 1 N–H and O–H groups in total. The molecule has 1 aliphatic heterocycles. The molecule has 0 aliphatic carbocycles. The van der Waals surface area contributed by atoms with Crippen molar-refractivity contribution in [3.05, 3.63) is 12.7 Å². The van der Waals surface area contributed by atoms with Gasteiger partial charge in [-0.05, 0) is 32.3 Å². The topological polar surface area (TPSA) is 40.5 Å². The largest absolute Gasteiger partial charge is 0.394 e. The smallest absolute Gasteiger partial charge is 0.246 e. The molecular formula is C11H19NO2. The van der Waals surface area contributed by atoms with Gasteiger partial charge >= 0.3 is 0 Å². The molecule has 0 aromatic carbocycles. The lowest BCUT2D eigenvalue weighted by Crippen LogP contribution is -2.50. The predicted molar refractivity (Wildman–Crippen MR) is 55.8 cm³/mol. The van der Waals surface area contributed by atoms with E-state index in [-0.39, 0.29) is 24.1 Å². The van der Waals surface area contributed by atoms with Crippen LogP contribution in [0.3, 0.4) is 0 Å². The quantitative estimate of drug-likeness (QED) is 0.693. The minimum Gasteiger partial charge on any atom is -0.394 e. The summed E-state index contributed by atoms with van der Waals surface area (Å²) in [7, 11) is 0. The van der Waals surface area contributed by atoms with Crippen molar-refractivity contribution in [2.45, 2.75) is 44.7 Å². The molecule has 2 unspecified atom stereocenters. The van der Waals surface area contributed by atoms with Crippen LogP contribution < -0.4 is 0 Å². The van der Waals surface area contributed by atoms with E-state index in [1.807, 2.05) is 6.92 Å². The number of carbonyl (C=O) groups excluding carboxylic acids is 1. The molecule has 3 nitrogen and oxygen atoms in total. The van der Waals surface area contributed by atoms with Crippen molar-refractivity contribution in [1.82, 2.24) is 4.90 Å². The van der Waals surface area contributed by atoms with Gasteiger partial charge in [-0.15, -0.1) is 0 Å². The Kier molecular flexibility index (Phi) is 3.32. The van der Waals surface area contributed by atoms with Crippen LogP contribution in [-0.2, 0) is 4.79 Å². The maximum Gasteiger partial charge on any atom is 0.246 e. The van der Waals surface area contributed by atoms with E-state index < -0.39 is 0 Å². The highest BCUT2D eigenvalue weighted by Gasteiger charge is 2.43. The molecule has 80 valence electrons. The molecule has 14 heavy (non-hydrogen) atoms. The summed E-state index contributed by atoms with van der Waals surface area (Å²) in [6, 6.07) is 0.262. The Balaban J connectivity index is 2.91. The monoisotopic (exact) mass is 197 g/mol. The maximum atomic E-state index is 11.7. The first kappa shape index (κ1) is 11.2. The summed E-state index contributed by atoms with van der Waals surface area (Å²) in [5.74, 6) is -0.0640. The minimum atomic E-state index is -0.383. The first-order valence-corrected chi connectivity index (χ1v) is 5.15. The predicted octanol–water partition coefficient (Wildman–Crippen LogP) is 1.32. The Morgan fingerprint density at radius 3 is 2.86 bits per heavy atom. The van der Waals surface area contributed by atoms with E-state index in [0.717, 1.165) is 19.3 Å². The summed E-state index contributed by atoms with van der Waals surface area (Å²) in [5, 5.41) is 9.33. The number of carbonyl (C=O) groups is 1. The van der Waals surface area contributed by atoms with Gasteiger partial charge in [-0.2, -0.15) is 0 Å². The summed E-state index contributed by atoms with van der Waals surface area (Å²) in [4.78, 5) is 13.4. The van der Waals surface area contributed by atoms with Crippen LogP contribution >= 0.6 is 0 Å². The first-order chi connectivity index (χ1) is 6.59. The van der Waals surface area contributed by atoms with Gasteiger partial charge in [-0.25, -0.2) is 0 Å². The Morgan fingerprint density at radius 1 is 1.79 bits per heavy atom. The number of aliphatic hydroxyl groups is 1. The van der Waals surface area contributed by atoms with E-state index in [1.54, 1.807) is 4.90 Å². The lowest BCUT2D eigenvalue weighted by molar-refractivity contribution is -0.133. The van der Waals surface area contributed by atoms with Gasteiger partial charge in [0.1, 0.15) is 0 Å². The van der Waals surface area contributed by atoms with E-state index >= 15 is 0 Å². The molecule has 0 aromatic rings. The average Bonchev–Trinajstić information content (AvgIpc) is 2.55. The summed E-state index contributed by atoms with van der Waals surface area (Å²) in [6.07, 6.45) is 4.13. The van der Waals surface area contributed by atoms with Gasteiger partial charge in [0.2, 0.25) is 5.91 Å². The highest BCUT2D eigenvalue weighted by Crippen LogP contribution is 2.34. The number of aliphatic hydroxyl groups excluding tert-OH is 1. The number of amides is 1. The highest BCUT2D eigenvalue weighted by atomic mass is 16.3. The van der Waals surface area contributed by atoms with Crippen LogP contribution in [-0.4, -0.2) is 34.1 Å². The van der Waals surface area contributed by atoms with Crippen LogP contribution in [0, 0.1) is 0 Å². The molecular weight excluding hydrogens is 178 g/mol. The summed E-state index contributed by atoms with van der Waals surface area (Å²) in [5.41, 5.74) is -0.383. The molecule has 1 heterocycles. The van der Waals surface area contributed by atoms with Gasteiger partial charge in [0.05, 0.1) is 12.1 Å². The molecule has 1 aliphatic rings. The van der Waals surface area contributed by atoms with Crippen molar-refractivity contribution in [3.8, 4) is 0 Å². The molecule has 1 saturated heterocycles. The second-order valence-corrected chi connectivity index (χ2v) is 4.17. The number of likely N-dealkylation sites (tertiary alicyclic amines) is 1. The number of hydrogen-bond donors (Lipinski definition) is 1. The van der Waals surface area contributed by atoms with Crippen molar-refractivity contribution in [2.75, 3.05) is 6.61 Å². The van der Waals surface area contributed by atoms with E-state index in [2.05, 4.69) is 13.5 Å². The molecule has 2 atom stereocenters. The zero-order chi connectivity index (χ0) is 10.8. The minimum absolute atomic E-state index is 0.0308. The van der Waals surface area contributed by atoms with Crippen LogP contribution in [0.4, 0.5) is 0 Å². The molecule has 0 spiro atoms. The first-order valence-electron chi connectivity index (χ1n) is 5.15. The van der Waals surface area contributed by atoms with Crippen LogP contribution in [0.1, 0.15) is 33.1 Å². The van der Waals surface area contributed by atoms with Crippen molar-refractivity contribution in [1.29, 1.82) is 0 Å². The molecule has 0 aromatic heterocycles. The van der Waals surface area contributed by atoms with Gasteiger partial charge in [0.15, 0.2) is 0 Å². The standard InChI is InChI=1S/C11H19NO2/c1-4-9-6-7-11(3,8-13)12(9)10(14)5-2/h5,9,13H,2,4,6-8H2,1,3H3. The summed E-state index contributed by atoms with van der Waals surface area (Å²) < 4.78 is 0.